The lowest BCUT2D eigenvalue weighted by Gasteiger charge is -2.07. The quantitative estimate of drug-likeness (QED) is 0.612. The predicted molar refractivity (Wildman–Crippen MR) is 76.1 cm³/mol. The van der Waals surface area contributed by atoms with E-state index in [0.29, 0.717) is 35.2 Å². The molecule has 1 N–H and O–H groups in total. The first kappa shape index (κ1) is 15.8. The number of oxime groups is 1. The van der Waals surface area contributed by atoms with E-state index in [-0.39, 0.29) is 6.42 Å². The fourth-order valence-electron chi connectivity index (χ4n) is 1.47. The summed E-state index contributed by atoms with van der Waals surface area (Å²) in [5.74, 6) is -0.829. The molecule has 0 fully saturated rings. The maximum absolute atomic E-state index is 10.5. The third-order valence-electron chi connectivity index (χ3n) is 2.36. The van der Waals surface area contributed by atoms with Crippen LogP contribution in [-0.4, -0.2) is 23.4 Å². The van der Waals surface area contributed by atoms with Gasteiger partial charge in [0.1, 0.15) is 6.61 Å². The highest BCUT2D eigenvalue weighted by Gasteiger charge is 2.09. The average molecular weight is 304 g/mol. The lowest BCUT2D eigenvalue weighted by molar-refractivity contribution is -0.137. The Morgan fingerprint density at radius 2 is 2.05 bits per heavy atom. The Kier molecular flexibility index (Phi) is 6.67. The number of carbonyl (C=O) groups is 1. The molecule has 0 aliphatic heterocycles. The lowest BCUT2D eigenvalue weighted by Crippen LogP contribution is -2.04. The van der Waals surface area contributed by atoms with Crippen LogP contribution in [0.4, 0.5) is 0 Å². The van der Waals surface area contributed by atoms with Gasteiger partial charge in [0.15, 0.2) is 0 Å². The van der Waals surface area contributed by atoms with Gasteiger partial charge in [-0.05, 0) is 31.9 Å². The summed E-state index contributed by atoms with van der Waals surface area (Å²) in [6.07, 6.45) is 1.08. The molecule has 0 aliphatic rings. The van der Waals surface area contributed by atoms with E-state index >= 15 is 0 Å². The molecule has 0 amide bonds. The Balaban J connectivity index is 2.83. The molecule has 19 heavy (non-hydrogen) atoms. The van der Waals surface area contributed by atoms with Crippen LogP contribution in [-0.2, 0) is 9.63 Å². The molecule has 4 nitrogen and oxygen atoms in total. The van der Waals surface area contributed by atoms with Crippen LogP contribution in [0, 0.1) is 0 Å². The van der Waals surface area contributed by atoms with Crippen molar-refractivity contribution in [3.05, 3.63) is 33.8 Å². The number of carboxylic acids is 1. The number of nitrogens with zero attached hydrogens (tertiary/aromatic N) is 1. The van der Waals surface area contributed by atoms with Crippen molar-refractivity contribution in [1.29, 1.82) is 0 Å². The topological polar surface area (TPSA) is 58.9 Å². The Labute approximate surface area is 122 Å². The molecule has 0 saturated carbocycles. The van der Waals surface area contributed by atoms with Gasteiger partial charge in [0.2, 0.25) is 0 Å². The highest BCUT2D eigenvalue weighted by molar-refractivity contribution is 6.42. The first-order valence-corrected chi connectivity index (χ1v) is 6.66. The maximum atomic E-state index is 10.5. The highest BCUT2D eigenvalue weighted by atomic mass is 35.5. The number of aliphatic carboxylic acids is 1. The molecule has 104 valence electrons. The largest absolute Gasteiger partial charge is 0.481 e. The van der Waals surface area contributed by atoms with Crippen LogP contribution in [0.3, 0.4) is 0 Å². The summed E-state index contributed by atoms with van der Waals surface area (Å²) in [7, 11) is 0. The van der Waals surface area contributed by atoms with E-state index in [9.17, 15) is 4.79 Å². The molecule has 0 aliphatic carbocycles. The van der Waals surface area contributed by atoms with Gasteiger partial charge in [-0.25, -0.2) is 0 Å². The Morgan fingerprint density at radius 1 is 1.32 bits per heavy atom. The van der Waals surface area contributed by atoms with Crippen LogP contribution < -0.4 is 0 Å². The number of hydrogen-bond donors (Lipinski definition) is 1. The Morgan fingerprint density at radius 3 is 2.63 bits per heavy atom. The van der Waals surface area contributed by atoms with E-state index in [2.05, 4.69) is 5.16 Å². The molecule has 1 aromatic rings. The van der Waals surface area contributed by atoms with Crippen molar-refractivity contribution in [1.82, 2.24) is 0 Å². The fraction of sp³-hybridized carbons (Fsp3) is 0.385. The molecular formula is C13H15Cl2NO3. The predicted octanol–water partition coefficient (Wildman–Crippen LogP) is 3.99. The number of carboxylic acid groups (broad SMARTS) is 1. The highest BCUT2D eigenvalue weighted by Crippen LogP contribution is 2.23. The van der Waals surface area contributed by atoms with Gasteiger partial charge in [-0.3, -0.25) is 4.79 Å². The van der Waals surface area contributed by atoms with Gasteiger partial charge in [-0.2, -0.15) is 0 Å². The van der Waals surface area contributed by atoms with E-state index in [1.165, 1.54) is 0 Å². The second-order valence-electron chi connectivity index (χ2n) is 3.83. The first-order valence-electron chi connectivity index (χ1n) is 5.90. The third-order valence-corrected chi connectivity index (χ3v) is 3.10. The molecule has 0 saturated heterocycles. The standard InChI is InChI=1S/C13H15Cl2NO3/c1-2-19-16-12(4-3-5-13(17)18)9-6-7-10(14)11(15)8-9/h6-8H,2-5H2,1H3,(H,17,18)/b16-12+. The SMILES string of the molecule is CCO/N=C(\CCCC(=O)O)c1ccc(Cl)c(Cl)c1. The van der Waals surface area contributed by atoms with Gasteiger partial charge in [0.25, 0.3) is 0 Å². The summed E-state index contributed by atoms with van der Waals surface area (Å²) in [6.45, 7) is 2.27. The lowest BCUT2D eigenvalue weighted by atomic mass is 10.0. The first-order chi connectivity index (χ1) is 9.04. The number of hydrogen-bond acceptors (Lipinski definition) is 3. The van der Waals surface area contributed by atoms with Crippen molar-refractivity contribution in [2.24, 2.45) is 5.16 Å². The minimum atomic E-state index is -0.829. The van der Waals surface area contributed by atoms with Crippen LogP contribution in [0.5, 0.6) is 0 Å². The summed E-state index contributed by atoms with van der Waals surface area (Å²) < 4.78 is 0. The van der Waals surface area contributed by atoms with Gasteiger partial charge in [0.05, 0.1) is 15.8 Å². The van der Waals surface area contributed by atoms with E-state index in [1.807, 2.05) is 6.92 Å². The second kappa shape index (κ2) is 8.02. The molecule has 0 unspecified atom stereocenters. The number of rotatable bonds is 7. The summed E-state index contributed by atoms with van der Waals surface area (Å²) >= 11 is 11.8. The zero-order valence-electron chi connectivity index (χ0n) is 10.5. The van der Waals surface area contributed by atoms with Crippen LogP contribution in [0.25, 0.3) is 0 Å². The maximum Gasteiger partial charge on any atom is 0.303 e. The van der Waals surface area contributed by atoms with Crippen LogP contribution in [0.15, 0.2) is 23.4 Å². The van der Waals surface area contributed by atoms with Gasteiger partial charge in [-0.1, -0.05) is 34.4 Å². The minimum Gasteiger partial charge on any atom is -0.481 e. The number of benzene rings is 1. The molecule has 0 atom stereocenters. The van der Waals surface area contributed by atoms with E-state index in [0.717, 1.165) is 5.56 Å². The molecular weight excluding hydrogens is 289 g/mol. The van der Waals surface area contributed by atoms with E-state index in [1.54, 1.807) is 18.2 Å². The van der Waals surface area contributed by atoms with Crippen LogP contribution in [0.1, 0.15) is 31.7 Å². The molecule has 0 heterocycles. The molecule has 6 heteroatoms. The fourth-order valence-corrected chi connectivity index (χ4v) is 1.77. The third kappa shape index (κ3) is 5.49. The zero-order chi connectivity index (χ0) is 14.3. The molecule has 1 aromatic carbocycles. The van der Waals surface area contributed by atoms with Crippen LogP contribution in [0.2, 0.25) is 10.0 Å². The Hall–Kier alpha value is -1.26. The molecule has 0 bridgehead atoms. The van der Waals surface area contributed by atoms with Crippen molar-refractivity contribution in [2.45, 2.75) is 26.2 Å². The molecule has 0 radical (unpaired) electrons. The van der Waals surface area contributed by atoms with Gasteiger partial charge in [0, 0.05) is 12.0 Å². The van der Waals surface area contributed by atoms with Crippen molar-refractivity contribution < 1.29 is 14.7 Å². The van der Waals surface area contributed by atoms with Gasteiger partial charge < -0.3 is 9.94 Å². The Bertz CT molecular complexity index is 475. The average Bonchev–Trinajstić information content (AvgIpc) is 2.36. The summed E-state index contributed by atoms with van der Waals surface area (Å²) in [5.41, 5.74) is 1.45. The van der Waals surface area contributed by atoms with Gasteiger partial charge >= 0.3 is 5.97 Å². The smallest absolute Gasteiger partial charge is 0.303 e. The van der Waals surface area contributed by atoms with Crippen LogP contribution >= 0.6 is 23.2 Å². The normalized spacial score (nSPS) is 11.4. The molecule has 1 rings (SSSR count). The van der Waals surface area contributed by atoms with Crippen molar-refractivity contribution in [2.75, 3.05) is 6.61 Å². The summed E-state index contributed by atoms with van der Waals surface area (Å²) in [4.78, 5) is 15.6. The van der Waals surface area contributed by atoms with Crippen molar-refractivity contribution in [3.63, 3.8) is 0 Å². The van der Waals surface area contributed by atoms with E-state index < -0.39 is 5.97 Å². The van der Waals surface area contributed by atoms with Crippen molar-refractivity contribution >= 4 is 34.9 Å². The molecule has 0 aromatic heterocycles. The minimum absolute atomic E-state index is 0.0897. The summed E-state index contributed by atoms with van der Waals surface area (Å²) in [6, 6.07) is 5.16. The van der Waals surface area contributed by atoms with Gasteiger partial charge in [-0.15, -0.1) is 0 Å². The molecule has 0 spiro atoms. The van der Waals surface area contributed by atoms with Crippen molar-refractivity contribution in [3.8, 4) is 0 Å². The number of halogens is 2. The monoisotopic (exact) mass is 303 g/mol. The zero-order valence-corrected chi connectivity index (χ0v) is 12.0. The summed E-state index contributed by atoms with van der Waals surface area (Å²) in [5, 5.41) is 13.5. The van der Waals surface area contributed by atoms with E-state index in [4.69, 9.17) is 33.1 Å². The second-order valence-corrected chi connectivity index (χ2v) is 4.65.